The zero-order valence-corrected chi connectivity index (χ0v) is 19.3. The Balaban J connectivity index is 1.64. The molecule has 5 rings (SSSR count). The smallest absolute Gasteiger partial charge is 0.255 e. The van der Waals surface area contributed by atoms with Crippen LogP contribution in [0.5, 0.6) is 5.88 Å². The zero-order chi connectivity index (χ0) is 23.1. The van der Waals surface area contributed by atoms with E-state index in [1.807, 2.05) is 33.2 Å². The first-order valence-corrected chi connectivity index (χ1v) is 11.1. The van der Waals surface area contributed by atoms with Gasteiger partial charge in [-0.3, -0.25) is 0 Å². The largest absolute Gasteiger partial charge is 0.348 e. The summed E-state index contributed by atoms with van der Waals surface area (Å²) in [5.74, 6) is 1.38. The van der Waals surface area contributed by atoms with Crippen molar-refractivity contribution in [1.29, 1.82) is 0 Å². The third-order valence-electron chi connectivity index (χ3n) is 6.70. The number of pyridine rings is 1. The van der Waals surface area contributed by atoms with E-state index in [0.29, 0.717) is 5.69 Å². The Labute approximate surface area is 193 Å². The zero-order valence-electron chi connectivity index (χ0n) is 19.3. The van der Waals surface area contributed by atoms with Crippen molar-refractivity contribution in [2.75, 3.05) is 0 Å². The molecule has 166 valence electrons. The fourth-order valence-electron chi connectivity index (χ4n) is 4.72. The SMILES string of the molecule is [C-]#[N+]c1cc(C)c(C)nc1O/N=C1/c2c(n(C)c3ccccc23)CCC1Cn1ccnc1C. The average molecular weight is 439 g/mol. The van der Waals surface area contributed by atoms with Crippen LogP contribution in [-0.4, -0.2) is 24.8 Å². The van der Waals surface area contributed by atoms with Gasteiger partial charge in [0.2, 0.25) is 0 Å². The summed E-state index contributed by atoms with van der Waals surface area (Å²) in [6, 6.07) is 10.2. The van der Waals surface area contributed by atoms with Gasteiger partial charge in [-0.15, -0.1) is 0 Å². The summed E-state index contributed by atoms with van der Waals surface area (Å²) in [6.45, 7) is 14.2. The van der Waals surface area contributed by atoms with E-state index in [1.54, 1.807) is 6.07 Å². The molecule has 1 aromatic carbocycles. The molecule has 0 N–H and O–H groups in total. The summed E-state index contributed by atoms with van der Waals surface area (Å²) in [5, 5.41) is 5.86. The molecule has 0 saturated heterocycles. The van der Waals surface area contributed by atoms with Crippen LogP contribution in [0.3, 0.4) is 0 Å². The summed E-state index contributed by atoms with van der Waals surface area (Å²) in [5.41, 5.74) is 6.64. The van der Waals surface area contributed by atoms with Crippen molar-refractivity contribution < 1.29 is 4.84 Å². The lowest BCUT2D eigenvalue weighted by atomic mass is 9.84. The van der Waals surface area contributed by atoms with Crippen molar-refractivity contribution in [2.24, 2.45) is 18.1 Å². The van der Waals surface area contributed by atoms with E-state index in [2.05, 4.69) is 55.3 Å². The number of imidazole rings is 1. The summed E-state index contributed by atoms with van der Waals surface area (Å²) >= 11 is 0. The van der Waals surface area contributed by atoms with Crippen molar-refractivity contribution in [1.82, 2.24) is 19.1 Å². The number of hydrogen-bond donors (Lipinski definition) is 0. The minimum Gasteiger partial charge on any atom is -0.348 e. The van der Waals surface area contributed by atoms with E-state index in [9.17, 15) is 0 Å². The number of oxime groups is 1. The molecule has 0 amide bonds. The van der Waals surface area contributed by atoms with Crippen LogP contribution in [0.15, 0.2) is 47.9 Å². The molecular formula is C26H26N6O. The number of aromatic nitrogens is 4. The standard InChI is InChI=1S/C26H26N6O/c1-16-14-21(27-4)26(29-17(16)2)33-30-25-19(15-32-13-12-28-18(32)3)10-11-23-24(25)20-8-6-7-9-22(20)31(23)5/h6-9,12-14,19H,10-11,15H2,1-3,5H3/b30-25+. The van der Waals surface area contributed by atoms with Crippen LogP contribution in [0.2, 0.25) is 0 Å². The quantitative estimate of drug-likeness (QED) is 0.321. The molecule has 7 nitrogen and oxygen atoms in total. The highest BCUT2D eigenvalue weighted by molar-refractivity contribution is 6.13. The Bertz CT molecular complexity index is 1440. The number of para-hydroxylation sites is 1. The molecule has 0 saturated carbocycles. The number of fused-ring (bicyclic) bond motifs is 3. The molecule has 3 heterocycles. The number of rotatable bonds is 4. The average Bonchev–Trinajstić information content (AvgIpc) is 3.35. The maximum Gasteiger partial charge on any atom is 0.255 e. The highest BCUT2D eigenvalue weighted by atomic mass is 16.6. The third kappa shape index (κ3) is 3.58. The van der Waals surface area contributed by atoms with Crippen LogP contribution in [0.1, 0.15) is 34.8 Å². The van der Waals surface area contributed by atoms with Crippen molar-refractivity contribution in [2.45, 2.75) is 40.2 Å². The Morgan fingerprint density at radius 3 is 2.82 bits per heavy atom. The van der Waals surface area contributed by atoms with E-state index in [4.69, 9.17) is 16.6 Å². The molecule has 1 aliphatic rings. The minimum absolute atomic E-state index is 0.152. The molecule has 1 aliphatic carbocycles. The molecule has 7 heteroatoms. The molecule has 0 aliphatic heterocycles. The molecule has 0 fully saturated rings. The normalized spacial score (nSPS) is 16.7. The first-order chi connectivity index (χ1) is 16.0. The minimum atomic E-state index is 0.152. The highest BCUT2D eigenvalue weighted by Crippen LogP contribution is 2.36. The van der Waals surface area contributed by atoms with Gasteiger partial charge in [0.05, 0.1) is 12.3 Å². The van der Waals surface area contributed by atoms with Crippen molar-refractivity contribution in [3.8, 4) is 5.88 Å². The van der Waals surface area contributed by atoms with E-state index >= 15 is 0 Å². The van der Waals surface area contributed by atoms with Crippen LogP contribution in [-0.2, 0) is 20.0 Å². The Morgan fingerprint density at radius 1 is 1.24 bits per heavy atom. The summed E-state index contributed by atoms with van der Waals surface area (Å²) in [6.07, 6.45) is 5.75. The molecule has 33 heavy (non-hydrogen) atoms. The Morgan fingerprint density at radius 2 is 2.06 bits per heavy atom. The van der Waals surface area contributed by atoms with Gasteiger partial charge in [-0.05, 0) is 51.3 Å². The second-order valence-electron chi connectivity index (χ2n) is 8.65. The van der Waals surface area contributed by atoms with E-state index in [1.165, 1.54) is 16.6 Å². The summed E-state index contributed by atoms with van der Waals surface area (Å²) in [4.78, 5) is 18.4. The predicted molar refractivity (Wildman–Crippen MR) is 129 cm³/mol. The fourth-order valence-corrected chi connectivity index (χ4v) is 4.72. The van der Waals surface area contributed by atoms with Crippen LogP contribution in [0.4, 0.5) is 5.69 Å². The van der Waals surface area contributed by atoms with Gasteiger partial charge in [-0.25, -0.2) is 14.8 Å². The number of nitrogens with zero attached hydrogens (tertiary/aromatic N) is 6. The second-order valence-corrected chi connectivity index (χ2v) is 8.65. The molecule has 0 bridgehead atoms. The molecule has 1 unspecified atom stereocenters. The van der Waals surface area contributed by atoms with E-state index < -0.39 is 0 Å². The van der Waals surface area contributed by atoms with Crippen LogP contribution in [0, 0.1) is 33.3 Å². The van der Waals surface area contributed by atoms with E-state index in [0.717, 1.165) is 47.7 Å². The molecule has 1 atom stereocenters. The van der Waals surface area contributed by atoms with Gasteiger partial charge in [0.25, 0.3) is 11.6 Å². The lowest BCUT2D eigenvalue weighted by Gasteiger charge is -2.26. The molecule has 4 aromatic rings. The Hall–Kier alpha value is -3.92. The lowest BCUT2D eigenvalue weighted by molar-refractivity contribution is 0.322. The first-order valence-electron chi connectivity index (χ1n) is 11.1. The molecule has 0 spiro atoms. The van der Waals surface area contributed by atoms with E-state index in [-0.39, 0.29) is 11.8 Å². The van der Waals surface area contributed by atoms with Crippen molar-refractivity contribution in [3.05, 3.63) is 82.5 Å². The Kier molecular flexibility index (Phi) is 5.21. The van der Waals surface area contributed by atoms with Gasteiger partial charge in [-0.2, -0.15) is 0 Å². The summed E-state index contributed by atoms with van der Waals surface area (Å²) in [7, 11) is 2.11. The summed E-state index contributed by atoms with van der Waals surface area (Å²) < 4.78 is 4.42. The lowest BCUT2D eigenvalue weighted by Crippen LogP contribution is -2.28. The predicted octanol–water partition coefficient (Wildman–Crippen LogP) is 5.29. The van der Waals surface area contributed by atoms with Crippen LogP contribution in [0.25, 0.3) is 15.7 Å². The number of benzene rings is 1. The van der Waals surface area contributed by atoms with Gasteiger partial charge >= 0.3 is 0 Å². The van der Waals surface area contributed by atoms with Gasteiger partial charge < -0.3 is 14.0 Å². The third-order valence-corrected chi connectivity index (χ3v) is 6.70. The molecule has 0 radical (unpaired) electrons. The number of hydrogen-bond acceptors (Lipinski definition) is 4. The highest BCUT2D eigenvalue weighted by Gasteiger charge is 2.31. The first kappa shape index (κ1) is 21.0. The van der Waals surface area contributed by atoms with Gasteiger partial charge in [-0.1, -0.05) is 23.4 Å². The molecular weight excluding hydrogens is 412 g/mol. The van der Waals surface area contributed by atoms with Crippen molar-refractivity contribution >= 4 is 22.3 Å². The maximum absolute atomic E-state index is 7.54. The second kappa shape index (κ2) is 8.21. The van der Waals surface area contributed by atoms with Crippen LogP contribution >= 0.6 is 0 Å². The van der Waals surface area contributed by atoms with Gasteiger partial charge in [0.15, 0.2) is 0 Å². The van der Waals surface area contributed by atoms with Gasteiger partial charge in [0, 0.05) is 59.8 Å². The molecule has 3 aromatic heterocycles. The maximum atomic E-state index is 7.54. The van der Waals surface area contributed by atoms with Crippen LogP contribution < -0.4 is 4.84 Å². The van der Waals surface area contributed by atoms with Crippen molar-refractivity contribution in [3.63, 3.8) is 0 Å². The number of aryl methyl sites for hydroxylation is 4. The topological polar surface area (TPSA) is 61.6 Å². The van der Waals surface area contributed by atoms with Gasteiger partial charge in [0.1, 0.15) is 5.82 Å². The fraction of sp³-hybridized carbons (Fsp3) is 0.308. The monoisotopic (exact) mass is 438 g/mol.